The highest BCUT2D eigenvalue weighted by Gasteiger charge is 2.39. The average Bonchev–Trinajstić information content (AvgIpc) is 3.09. The monoisotopic (exact) mass is 427 g/mol. The molecule has 0 spiro atoms. The maximum Gasteiger partial charge on any atom is 0.408 e. The van der Waals surface area contributed by atoms with E-state index in [1.54, 1.807) is 0 Å². The zero-order valence-corrected chi connectivity index (χ0v) is 15.4. The topological polar surface area (TPSA) is 91.8 Å². The number of hydrogen-bond acceptors (Lipinski definition) is 4. The summed E-state index contributed by atoms with van der Waals surface area (Å²) in [5.41, 5.74) is 0.760. The largest absolute Gasteiger partial charge is 0.465 e. The molecule has 160 valence electrons. The van der Waals surface area contributed by atoms with Crippen LogP contribution in [0.2, 0.25) is 0 Å². The minimum atomic E-state index is -2.98. The van der Waals surface area contributed by atoms with E-state index < -0.39 is 36.6 Å². The van der Waals surface area contributed by atoms with Crippen LogP contribution in [-0.4, -0.2) is 52.4 Å². The van der Waals surface area contributed by atoms with Crippen LogP contribution in [0.5, 0.6) is 5.75 Å². The molecule has 0 saturated carbocycles. The van der Waals surface area contributed by atoms with Crippen molar-refractivity contribution in [3.8, 4) is 16.9 Å². The minimum Gasteiger partial charge on any atom is -0.465 e. The summed E-state index contributed by atoms with van der Waals surface area (Å²) in [4.78, 5) is 28.0. The van der Waals surface area contributed by atoms with E-state index in [1.165, 1.54) is 30.3 Å². The van der Waals surface area contributed by atoms with Gasteiger partial charge in [0.2, 0.25) is 5.91 Å². The number of ether oxygens (including phenoxy) is 1. The van der Waals surface area contributed by atoms with Gasteiger partial charge in [-0.1, -0.05) is 12.1 Å². The van der Waals surface area contributed by atoms with Gasteiger partial charge in [-0.25, -0.2) is 13.6 Å². The first-order valence-electron chi connectivity index (χ1n) is 8.85. The van der Waals surface area contributed by atoms with Crippen molar-refractivity contribution in [2.24, 2.45) is 0 Å². The molecule has 1 aliphatic heterocycles. The molecular weight excluding hydrogens is 410 g/mol. The molecule has 0 aliphatic carbocycles. The van der Waals surface area contributed by atoms with Crippen LogP contribution in [0.3, 0.4) is 0 Å². The Balaban J connectivity index is 1.69. The first kappa shape index (κ1) is 21.3. The summed E-state index contributed by atoms with van der Waals surface area (Å²) in [7, 11) is 0. The molecule has 1 aliphatic rings. The summed E-state index contributed by atoms with van der Waals surface area (Å²) >= 11 is 0. The molecule has 1 fully saturated rings. The van der Waals surface area contributed by atoms with E-state index in [9.17, 15) is 27.2 Å². The molecule has 2 N–H and O–H groups in total. The highest BCUT2D eigenvalue weighted by molar-refractivity contribution is 5.86. The van der Waals surface area contributed by atoms with Crippen LogP contribution in [-0.2, 0) is 11.3 Å². The molecule has 7 nitrogen and oxygen atoms in total. The maximum absolute atomic E-state index is 14.2. The van der Waals surface area contributed by atoms with E-state index in [-0.39, 0.29) is 36.5 Å². The number of likely N-dealkylation sites (tertiary alicyclic amines) is 1. The second kappa shape index (κ2) is 8.97. The average molecular weight is 427 g/mol. The molecule has 0 bridgehead atoms. The van der Waals surface area contributed by atoms with Gasteiger partial charge in [0.1, 0.15) is 23.8 Å². The van der Waals surface area contributed by atoms with Crippen molar-refractivity contribution in [1.82, 2.24) is 15.2 Å². The number of benzene rings is 1. The van der Waals surface area contributed by atoms with Crippen molar-refractivity contribution < 1.29 is 37.0 Å². The number of carboxylic acid groups (broad SMARTS) is 1. The highest BCUT2D eigenvalue weighted by atomic mass is 19.3. The van der Waals surface area contributed by atoms with E-state index in [1.807, 2.05) is 0 Å². The van der Waals surface area contributed by atoms with Gasteiger partial charge in [0.25, 0.3) is 0 Å². The Morgan fingerprint density at radius 3 is 2.63 bits per heavy atom. The Bertz CT molecular complexity index is 926. The van der Waals surface area contributed by atoms with Gasteiger partial charge in [-0.15, -0.1) is 0 Å². The number of alkyl halides is 3. The molecule has 30 heavy (non-hydrogen) atoms. The second-order valence-electron chi connectivity index (χ2n) is 6.56. The van der Waals surface area contributed by atoms with Crippen LogP contribution >= 0.6 is 0 Å². The van der Waals surface area contributed by atoms with Gasteiger partial charge in [-0.05, 0) is 23.8 Å². The third kappa shape index (κ3) is 4.97. The fraction of sp³-hybridized carbons (Fsp3) is 0.316. The summed E-state index contributed by atoms with van der Waals surface area (Å²) in [6.07, 6.45) is -2.12. The smallest absolute Gasteiger partial charge is 0.408 e. The van der Waals surface area contributed by atoms with Gasteiger partial charge in [0.05, 0.1) is 25.0 Å². The lowest BCUT2D eigenvalue weighted by Gasteiger charge is -2.20. The minimum absolute atomic E-state index is 0.0820. The molecule has 2 heterocycles. The van der Waals surface area contributed by atoms with Gasteiger partial charge in [0, 0.05) is 12.0 Å². The molecule has 0 radical (unpaired) electrons. The number of carbonyl (C=O) groups excluding carboxylic acids is 1. The van der Waals surface area contributed by atoms with E-state index in [0.717, 1.165) is 11.1 Å². The van der Waals surface area contributed by atoms with Crippen molar-refractivity contribution in [3.05, 3.63) is 48.0 Å². The van der Waals surface area contributed by atoms with Gasteiger partial charge >= 0.3 is 12.7 Å². The summed E-state index contributed by atoms with van der Waals surface area (Å²) in [5.74, 6) is -1.43. The normalized spacial score (nSPS) is 18.5. The molecule has 1 aromatic carbocycles. The van der Waals surface area contributed by atoms with Crippen LogP contribution in [0.15, 0.2) is 36.5 Å². The zero-order chi connectivity index (χ0) is 21.8. The van der Waals surface area contributed by atoms with Crippen molar-refractivity contribution in [3.63, 3.8) is 0 Å². The van der Waals surface area contributed by atoms with E-state index >= 15 is 0 Å². The third-order valence-electron chi connectivity index (χ3n) is 4.54. The van der Waals surface area contributed by atoms with Crippen molar-refractivity contribution in [2.75, 3.05) is 6.54 Å². The maximum atomic E-state index is 14.2. The van der Waals surface area contributed by atoms with Crippen LogP contribution in [0.25, 0.3) is 11.1 Å². The number of pyridine rings is 1. The van der Waals surface area contributed by atoms with Gasteiger partial charge in [-0.3, -0.25) is 14.7 Å². The zero-order valence-electron chi connectivity index (χ0n) is 15.4. The summed E-state index contributed by atoms with van der Waals surface area (Å²) < 4.78 is 56.4. The van der Waals surface area contributed by atoms with Crippen LogP contribution in [0, 0.1) is 5.82 Å². The highest BCUT2D eigenvalue weighted by Crippen LogP contribution is 2.26. The van der Waals surface area contributed by atoms with Crippen LogP contribution in [0.1, 0.15) is 12.1 Å². The number of aromatic nitrogens is 1. The Hall–Kier alpha value is -3.37. The number of nitrogens with zero attached hydrogens (tertiary/aromatic N) is 2. The Kier molecular flexibility index (Phi) is 6.38. The fourth-order valence-corrected chi connectivity index (χ4v) is 3.16. The molecule has 0 unspecified atom stereocenters. The first-order chi connectivity index (χ1) is 14.2. The fourth-order valence-electron chi connectivity index (χ4n) is 3.16. The number of halogens is 4. The van der Waals surface area contributed by atoms with Gasteiger partial charge in [-0.2, -0.15) is 8.78 Å². The van der Waals surface area contributed by atoms with Gasteiger partial charge in [0.15, 0.2) is 0 Å². The molecule has 2 amide bonds. The molecular formula is C19H17F4N3O4. The Morgan fingerprint density at radius 2 is 2.00 bits per heavy atom. The number of amides is 2. The van der Waals surface area contributed by atoms with Crippen LogP contribution in [0.4, 0.5) is 22.4 Å². The third-order valence-corrected chi connectivity index (χ3v) is 4.54. The number of hydrogen-bond donors (Lipinski definition) is 2. The predicted molar refractivity (Wildman–Crippen MR) is 96.1 cm³/mol. The molecule has 2 atom stereocenters. The second-order valence-corrected chi connectivity index (χ2v) is 6.56. The van der Waals surface area contributed by atoms with E-state index in [2.05, 4.69) is 15.0 Å². The SMILES string of the molecule is O=C(NCc1cc(-c2ccc(OC(F)F)cc2)c(F)cn1)[C@@H]1C[C@@H](F)CN1C(=O)O. The lowest BCUT2D eigenvalue weighted by molar-refractivity contribution is -0.125. The standard InChI is InChI=1S/C19H17F4N3O4/c20-11-5-16(26(9-11)19(28)29)17(27)25-7-12-6-14(15(21)8-24-12)10-1-3-13(4-2-10)30-18(22)23/h1-4,6,8,11,16,18H,5,7,9H2,(H,25,27)(H,28,29)/t11-,16+/m1/s1. The van der Waals surface area contributed by atoms with E-state index in [4.69, 9.17) is 5.11 Å². The van der Waals surface area contributed by atoms with E-state index in [0.29, 0.717) is 5.56 Å². The predicted octanol–water partition coefficient (Wildman–Crippen LogP) is 3.20. The quantitative estimate of drug-likeness (QED) is 0.691. The van der Waals surface area contributed by atoms with Crippen molar-refractivity contribution >= 4 is 12.0 Å². The lowest BCUT2D eigenvalue weighted by Crippen LogP contribution is -2.45. The number of carbonyl (C=O) groups is 2. The number of nitrogens with one attached hydrogen (secondary N) is 1. The first-order valence-corrected chi connectivity index (χ1v) is 8.85. The number of rotatable bonds is 6. The molecule has 2 aromatic rings. The Morgan fingerprint density at radius 1 is 1.30 bits per heavy atom. The molecule has 1 aromatic heterocycles. The summed E-state index contributed by atoms with van der Waals surface area (Å²) in [6, 6.07) is 5.51. The van der Waals surface area contributed by atoms with Crippen LogP contribution < -0.4 is 10.1 Å². The summed E-state index contributed by atoms with van der Waals surface area (Å²) in [6.45, 7) is -3.50. The van der Waals surface area contributed by atoms with Crippen molar-refractivity contribution in [2.45, 2.75) is 31.8 Å². The molecule has 3 rings (SSSR count). The van der Waals surface area contributed by atoms with Crippen molar-refractivity contribution in [1.29, 1.82) is 0 Å². The van der Waals surface area contributed by atoms with Gasteiger partial charge < -0.3 is 15.2 Å². The molecule has 1 saturated heterocycles. The lowest BCUT2D eigenvalue weighted by atomic mass is 10.1. The summed E-state index contributed by atoms with van der Waals surface area (Å²) in [5, 5.41) is 11.5. The molecule has 11 heteroatoms. The Labute approximate surface area is 168 Å².